The van der Waals surface area contributed by atoms with Crippen LogP contribution in [0.2, 0.25) is 5.02 Å². The molecule has 0 saturated carbocycles. The Kier molecular flexibility index (Phi) is 5.64. The first-order valence-corrected chi connectivity index (χ1v) is 7.60. The molecule has 23 heavy (non-hydrogen) atoms. The van der Waals surface area contributed by atoms with Crippen LogP contribution in [0.25, 0.3) is 0 Å². The van der Waals surface area contributed by atoms with Gasteiger partial charge in [0, 0.05) is 17.7 Å². The third-order valence-corrected chi connectivity index (χ3v) is 4.06. The Hall–Kier alpha value is -2.04. The second kappa shape index (κ2) is 7.49. The summed E-state index contributed by atoms with van der Waals surface area (Å²) < 4.78 is 10.7. The number of carbonyl (C=O) groups excluding carboxylic acids is 1. The van der Waals surface area contributed by atoms with Crippen LogP contribution in [0.3, 0.4) is 0 Å². The number of rotatable bonds is 6. The summed E-state index contributed by atoms with van der Waals surface area (Å²) in [6.45, 7) is 2.24. The van der Waals surface area contributed by atoms with Crippen LogP contribution in [-0.2, 0) is 10.3 Å². The second-order valence-electron chi connectivity index (χ2n) is 5.36. The van der Waals surface area contributed by atoms with Crippen molar-refractivity contribution in [3.05, 3.63) is 64.7 Å². The average molecular weight is 334 g/mol. The Morgan fingerprint density at radius 2 is 1.87 bits per heavy atom. The minimum absolute atomic E-state index is 0.169. The van der Waals surface area contributed by atoms with E-state index in [4.69, 9.17) is 21.1 Å². The lowest BCUT2D eigenvalue weighted by Crippen LogP contribution is -2.40. The molecule has 0 fully saturated rings. The standard InChI is InChI=1S/C18H20ClNO3/c1-18(23-3,14-5-4-6-15(19)11-14)12-20-17(21)13-7-9-16(22-2)10-8-13/h4-11H,12H2,1-3H3,(H,20,21). The molecule has 0 bridgehead atoms. The van der Waals surface area contributed by atoms with E-state index in [2.05, 4.69) is 5.32 Å². The largest absolute Gasteiger partial charge is 0.497 e. The fourth-order valence-corrected chi connectivity index (χ4v) is 2.39. The highest BCUT2D eigenvalue weighted by Crippen LogP contribution is 2.26. The molecule has 0 heterocycles. The van der Waals surface area contributed by atoms with Gasteiger partial charge in [0.1, 0.15) is 11.4 Å². The van der Waals surface area contributed by atoms with Gasteiger partial charge in [-0.25, -0.2) is 0 Å². The summed E-state index contributed by atoms with van der Waals surface area (Å²) in [6, 6.07) is 14.4. The Labute approximate surface area is 141 Å². The maximum Gasteiger partial charge on any atom is 0.251 e. The molecule has 122 valence electrons. The first-order chi connectivity index (χ1) is 11.0. The molecule has 1 unspecified atom stereocenters. The van der Waals surface area contributed by atoms with Crippen LogP contribution in [0.1, 0.15) is 22.8 Å². The Bertz CT molecular complexity index is 672. The summed E-state index contributed by atoms with van der Waals surface area (Å²) >= 11 is 6.04. The van der Waals surface area contributed by atoms with Crippen molar-refractivity contribution in [2.24, 2.45) is 0 Å². The zero-order valence-corrected chi connectivity index (χ0v) is 14.2. The summed E-state index contributed by atoms with van der Waals surface area (Å²) in [4.78, 5) is 12.3. The van der Waals surface area contributed by atoms with Crippen molar-refractivity contribution in [2.75, 3.05) is 20.8 Å². The molecule has 0 aromatic heterocycles. The maximum atomic E-state index is 12.3. The van der Waals surface area contributed by atoms with E-state index >= 15 is 0 Å². The molecule has 2 rings (SSSR count). The molecule has 0 radical (unpaired) electrons. The van der Waals surface area contributed by atoms with Gasteiger partial charge in [-0.05, 0) is 48.9 Å². The minimum Gasteiger partial charge on any atom is -0.497 e. The normalized spacial score (nSPS) is 13.2. The first-order valence-electron chi connectivity index (χ1n) is 7.22. The number of amides is 1. The van der Waals surface area contributed by atoms with Gasteiger partial charge >= 0.3 is 0 Å². The van der Waals surface area contributed by atoms with Gasteiger partial charge in [0.25, 0.3) is 5.91 Å². The molecule has 0 aliphatic rings. The number of carbonyl (C=O) groups is 1. The van der Waals surface area contributed by atoms with E-state index < -0.39 is 5.60 Å². The molecule has 0 saturated heterocycles. The van der Waals surface area contributed by atoms with Crippen LogP contribution >= 0.6 is 11.6 Å². The third kappa shape index (κ3) is 4.24. The zero-order valence-electron chi connectivity index (χ0n) is 13.4. The van der Waals surface area contributed by atoms with E-state index in [1.807, 2.05) is 25.1 Å². The lowest BCUT2D eigenvalue weighted by Gasteiger charge is -2.29. The molecular weight excluding hydrogens is 314 g/mol. The summed E-state index contributed by atoms with van der Waals surface area (Å²) in [5.41, 5.74) is 0.811. The van der Waals surface area contributed by atoms with Crippen LogP contribution in [-0.4, -0.2) is 26.7 Å². The van der Waals surface area contributed by atoms with E-state index in [0.29, 0.717) is 22.9 Å². The van der Waals surface area contributed by atoms with E-state index in [9.17, 15) is 4.79 Å². The van der Waals surface area contributed by atoms with Gasteiger partial charge in [-0.15, -0.1) is 0 Å². The smallest absolute Gasteiger partial charge is 0.251 e. The Balaban J connectivity index is 2.08. The third-order valence-electron chi connectivity index (χ3n) is 3.82. The van der Waals surface area contributed by atoms with Gasteiger partial charge in [-0.2, -0.15) is 0 Å². The first kappa shape index (κ1) is 17.3. The molecule has 2 aromatic rings. The van der Waals surface area contributed by atoms with Crippen LogP contribution in [0.15, 0.2) is 48.5 Å². The van der Waals surface area contributed by atoms with Crippen molar-refractivity contribution < 1.29 is 14.3 Å². The number of hydrogen-bond donors (Lipinski definition) is 1. The van der Waals surface area contributed by atoms with Gasteiger partial charge in [0.15, 0.2) is 0 Å². The average Bonchev–Trinajstić information content (AvgIpc) is 2.59. The Morgan fingerprint density at radius 3 is 2.43 bits per heavy atom. The molecule has 1 amide bonds. The molecule has 2 aromatic carbocycles. The Morgan fingerprint density at radius 1 is 1.17 bits per heavy atom. The summed E-state index contributed by atoms with van der Waals surface area (Å²) in [5, 5.41) is 3.53. The number of nitrogens with one attached hydrogen (secondary N) is 1. The number of ether oxygens (including phenoxy) is 2. The van der Waals surface area contributed by atoms with Gasteiger partial charge < -0.3 is 14.8 Å². The van der Waals surface area contributed by atoms with E-state index in [1.165, 1.54) is 0 Å². The van der Waals surface area contributed by atoms with Gasteiger partial charge in [0.2, 0.25) is 0 Å². The van der Waals surface area contributed by atoms with Crippen molar-refractivity contribution >= 4 is 17.5 Å². The quantitative estimate of drug-likeness (QED) is 0.878. The lowest BCUT2D eigenvalue weighted by atomic mass is 9.95. The van der Waals surface area contributed by atoms with Crippen LogP contribution < -0.4 is 10.1 Å². The summed E-state index contributed by atoms with van der Waals surface area (Å²) in [7, 11) is 3.20. The fraction of sp³-hybridized carbons (Fsp3) is 0.278. The molecule has 4 nitrogen and oxygen atoms in total. The van der Waals surface area contributed by atoms with Gasteiger partial charge in [-0.1, -0.05) is 23.7 Å². The number of halogens is 1. The topological polar surface area (TPSA) is 47.6 Å². The molecule has 1 N–H and O–H groups in total. The molecule has 0 spiro atoms. The van der Waals surface area contributed by atoms with Crippen molar-refractivity contribution in [1.29, 1.82) is 0 Å². The van der Waals surface area contributed by atoms with Crippen molar-refractivity contribution in [1.82, 2.24) is 5.32 Å². The molecule has 5 heteroatoms. The predicted octanol–water partition coefficient (Wildman–Crippen LogP) is 3.64. The van der Waals surface area contributed by atoms with E-state index in [1.54, 1.807) is 44.6 Å². The van der Waals surface area contributed by atoms with Gasteiger partial charge in [0.05, 0.1) is 13.7 Å². The van der Waals surface area contributed by atoms with Crippen molar-refractivity contribution in [2.45, 2.75) is 12.5 Å². The zero-order chi connectivity index (χ0) is 16.9. The highest BCUT2D eigenvalue weighted by atomic mass is 35.5. The van der Waals surface area contributed by atoms with Crippen LogP contribution in [0.4, 0.5) is 0 Å². The highest BCUT2D eigenvalue weighted by molar-refractivity contribution is 6.30. The lowest BCUT2D eigenvalue weighted by molar-refractivity contribution is 0.00315. The predicted molar refractivity (Wildman–Crippen MR) is 91.1 cm³/mol. The van der Waals surface area contributed by atoms with Crippen LogP contribution in [0, 0.1) is 0 Å². The second-order valence-corrected chi connectivity index (χ2v) is 5.79. The number of benzene rings is 2. The molecule has 0 aliphatic heterocycles. The van der Waals surface area contributed by atoms with Crippen LogP contribution in [0.5, 0.6) is 5.75 Å². The SMILES string of the molecule is COc1ccc(C(=O)NCC(C)(OC)c2cccc(Cl)c2)cc1. The maximum absolute atomic E-state index is 12.3. The van der Waals surface area contributed by atoms with E-state index in [0.717, 1.165) is 5.56 Å². The highest BCUT2D eigenvalue weighted by Gasteiger charge is 2.27. The van der Waals surface area contributed by atoms with Crippen molar-refractivity contribution in [3.8, 4) is 5.75 Å². The van der Waals surface area contributed by atoms with Crippen molar-refractivity contribution in [3.63, 3.8) is 0 Å². The fourth-order valence-electron chi connectivity index (χ4n) is 2.20. The van der Waals surface area contributed by atoms with E-state index in [-0.39, 0.29) is 5.91 Å². The summed E-state index contributed by atoms with van der Waals surface area (Å²) in [5.74, 6) is 0.542. The molecular formula is C18H20ClNO3. The van der Waals surface area contributed by atoms with Gasteiger partial charge in [-0.3, -0.25) is 4.79 Å². The number of hydrogen-bond acceptors (Lipinski definition) is 3. The number of methoxy groups -OCH3 is 2. The molecule has 1 atom stereocenters. The molecule has 0 aliphatic carbocycles. The minimum atomic E-state index is -0.660. The summed E-state index contributed by atoms with van der Waals surface area (Å²) in [6.07, 6.45) is 0. The monoisotopic (exact) mass is 333 g/mol.